The van der Waals surface area contributed by atoms with Gasteiger partial charge in [-0.2, -0.15) is 0 Å². The highest BCUT2D eigenvalue weighted by Crippen LogP contribution is 2.29. The van der Waals surface area contributed by atoms with Gasteiger partial charge in [-0.3, -0.25) is 4.79 Å². The molecule has 6 nitrogen and oxygen atoms in total. The van der Waals surface area contributed by atoms with Crippen LogP contribution >= 0.6 is 0 Å². The van der Waals surface area contributed by atoms with E-state index in [1.54, 1.807) is 24.3 Å². The Morgan fingerprint density at radius 2 is 1.76 bits per heavy atom. The van der Waals surface area contributed by atoms with Crippen LogP contribution in [0.2, 0.25) is 0 Å². The zero-order valence-corrected chi connectivity index (χ0v) is 13.7. The standard InChI is InChI=1S/C19H20N2O4/c22-17-19(24,12-14-21(17)16-9-5-2-6-10-16)25-18(23)20-13-11-15-7-3-1-4-8-15/h1-10,24H,11-14H2,(H,20,23)/t19-/m0/s1. The highest BCUT2D eigenvalue weighted by molar-refractivity contribution is 6.01. The van der Waals surface area contributed by atoms with Crippen molar-refractivity contribution in [2.45, 2.75) is 18.6 Å². The minimum absolute atomic E-state index is 0.0346. The third-order valence-corrected chi connectivity index (χ3v) is 4.11. The largest absolute Gasteiger partial charge is 0.410 e. The average Bonchev–Trinajstić information content (AvgIpc) is 2.91. The van der Waals surface area contributed by atoms with Crippen molar-refractivity contribution in [1.82, 2.24) is 5.32 Å². The zero-order chi connectivity index (χ0) is 17.7. The molecule has 1 aliphatic rings. The molecule has 0 aromatic heterocycles. The Labute approximate surface area is 146 Å². The number of amides is 2. The van der Waals surface area contributed by atoms with E-state index in [9.17, 15) is 14.7 Å². The van der Waals surface area contributed by atoms with E-state index in [4.69, 9.17) is 4.74 Å². The molecule has 3 rings (SSSR count). The highest BCUT2D eigenvalue weighted by atomic mass is 16.7. The van der Waals surface area contributed by atoms with Gasteiger partial charge in [0.2, 0.25) is 0 Å². The molecule has 0 unspecified atom stereocenters. The van der Waals surface area contributed by atoms with Crippen molar-refractivity contribution in [3.05, 3.63) is 66.2 Å². The van der Waals surface area contributed by atoms with Gasteiger partial charge < -0.3 is 20.1 Å². The van der Waals surface area contributed by atoms with Crippen molar-refractivity contribution in [2.75, 3.05) is 18.0 Å². The van der Waals surface area contributed by atoms with E-state index in [0.717, 1.165) is 5.56 Å². The number of carbonyl (C=O) groups excluding carboxylic acids is 2. The Kier molecular flexibility index (Phi) is 5.00. The lowest BCUT2D eigenvalue weighted by Gasteiger charge is -2.22. The lowest BCUT2D eigenvalue weighted by Crippen LogP contribution is -2.46. The minimum Gasteiger partial charge on any atom is -0.407 e. The summed E-state index contributed by atoms with van der Waals surface area (Å²) in [6.45, 7) is 0.645. The molecule has 25 heavy (non-hydrogen) atoms. The second-order valence-corrected chi connectivity index (χ2v) is 5.88. The summed E-state index contributed by atoms with van der Waals surface area (Å²) in [6.07, 6.45) is -0.132. The summed E-state index contributed by atoms with van der Waals surface area (Å²) in [6, 6.07) is 18.7. The van der Waals surface area contributed by atoms with Crippen LogP contribution in [0, 0.1) is 0 Å². The number of benzene rings is 2. The first kappa shape index (κ1) is 17.0. The normalized spacial score (nSPS) is 19.7. The number of anilines is 1. The molecular weight excluding hydrogens is 320 g/mol. The van der Waals surface area contributed by atoms with E-state index in [1.165, 1.54) is 4.90 Å². The lowest BCUT2D eigenvalue weighted by molar-refractivity contribution is -0.175. The minimum atomic E-state index is -2.12. The van der Waals surface area contributed by atoms with Crippen LogP contribution in [-0.4, -0.2) is 36.0 Å². The summed E-state index contributed by atoms with van der Waals surface area (Å²) in [7, 11) is 0. The molecule has 1 heterocycles. The van der Waals surface area contributed by atoms with E-state index >= 15 is 0 Å². The average molecular weight is 340 g/mol. The summed E-state index contributed by atoms with van der Waals surface area (Å²) in [5.74, 6) is -2.75. The van der Waals surface area contributed by atoms with Crippen molar-refractivity contribution < 1.29 is 19.4 Å². The van der Waals surface area contributed by atoms with Gasteiger partial charge in [-0.05, 0) is 24.1 Å². The van der Waals surface area contributed by atoms with Crippen molar-refractivity contribution in [1.29, 1.82) is 0 Å². The van der Waals surface area contributed by atoms with Crippen LogP contribution in [0.25, 0.3) is 0 Å². The van der Waals surface area contributed by atoms with Crippen LogP contribution in [0.4, 0.5) is 10.5 Å². The SMILES string of the molecule is O=C(NCCc1ccccc1)O[C@@]1(O)CCN(c2ccccc2)C1=O. The van der Waals surface area contributed by atoms with Gasteiger partial charge in [-0.1, -0.05) is 48.5 Å². The Bertz CT molecular complexity index is 736. The Balaban J connectivity index is 1.53. The van der Waals surface area contributed by atoms with E-state index in [0.29, 0.717) is 18.7 Å². The summed E-state index contributed by atoms with van der Waals surface area (Å²) in [5, 5.41) is 13.0. The molecule has 0 bridgehead atoms. The molecule has 0 saturated carbocycles. The molecule has 0 aliphatic carbocycles. The van der Waals surface area contributed by atoms with E-state index < -0.39 is 17.8 Å². The second kappa shape index (κ2) is 7.36. The maximum absolute atomic E-state index is 12.4. The van der Waals surface area contributed by atoms with Gasteiger partial charge in [-0.15, -0.1) is 0 Å². The molecule has 0 radical (unpaired) electrons. The lowest BCUT2D eigenvalue weighted by atomic mass is 10.1. The molecule has 2 aromatic rings. The van der Waals surface area contributed by atoms with Crippen LogP contribution in [0.5, 0.6) is 0 Å². The van der Waals surface area contributed by atoms with Crippen molar-refractivity contribution in [3.8, 4) is 0 Å². The number of ether oxygens (including phenoxy) is 1. The maximum Gasteiger partial charge on any atom is 0.410 e. The molecule has 0 spiro atoms. The number of rotatable bonds is 5. The van der Waals surface area contributed by atoms with Crippen LogP contribution < -0.4 is 10.2 Å². The van der Waals surface area contributed by atoms with Crippen LogP contribution in [0.1, 0.15) is 12.0 Å². The summed E-state index contributed by atoms with van der Waals surface area (Å²) in [5.41, 5.74) is 1.74. The number of nitrogens with zero attached hydrogens (tertiary/aromatic N) is 1. The van der Waals surface area contributed by atoms with Crippen molar-refractivity contribution >= 4 is 17.7 Å². The van der Waals surface area contributed by atoms with Gasteiger partial charge in [0.15, 0.2) is 0 Å². The van der Waals surface area contributed by atoms with Gasteiger partial charge in [-0.25, -0.2) is 4.79 Å². The smallest absolute Gasteiger partial charge is 0.407 e. The number of para-hydroxylation sites is 1. The molecule has 6 heteroatoms. The first-order chi connectivity index (χ1) is 12.1. The van der Waals surface area contributed by atoms with Gasteiger partial charge in [0.1, 0.15) is 0 Å². The molecule has 1 saturated heterocycles. The highest BCUT2D eigenvalue weighted by Gasteiger charge is 2.49. The topological polar surface area (TPSA) is 78.9 Å². The fourth-order valence-electron chi connectivity index (χ4n) is 2.77. The van der Waals surface area contributed by atoms with Crippen LogP contribution in [0.3, 0.4) is 0 Å². The molecule has 1 fully saturated rings. The number of carbonyl (C=O) groups is 2. The quantitative estimate of drug-likeness (QED) is 0.817. The second-order valence-electron chi connectivity index (χ2n) is 5.88. The fraction of sp³-hybridized carbons (Fsp3) is 0.263. The summed E-state index contributed by atoms with van der Waals surface area (Å²) in [4.78, 5) is 25.8. The van der Waals surface area contributed by atoms with Gasteiger partial charge >= 0.3 is 6.09 Å². The van der Waals surface area contributed by atoms with E-state index in [2.05, 4.69) is 5.32 Å². The molecule has 1 atom stereocenters. The molecule has 2 N–H and O–H groups in total. The number of aliphatic hydroxyl groups is 1. The number of nitrogens with one attached hydrogen (secondary N) is 1. The van der Waals surface area contributed by atoms with Crippen LogP contribution in [0.15, 0.2) is 60.7 Å². The summed E-state index contributed by atoms with van der Waals surface area (Å²) < 4.78 is 5.02. The number of alkyl carbamates (subject to hydrolysis) is 1. The predicted octanol–water partition coefficient (Wildman–Crippen LogP) is 2.08. The van der Waals surface area contributed by atoms with Crippen molar-refractivity contribution in [2.24, 2.45) is 0 Å². The van der Waals surface area contributed by atoms with Gasteiger partial charge in [0.25, 0.3) is 11.7 Å². The molecule has 2 aromatic carbocycles. The van der Waals surface area contributed by atoms with Crippen LogP contribution in [-0.2, 0) is 16.0 Å². The van der Waals surface area contributed by atoms with E-state index in [1.807, 2.05) is 36.4 Å². The molecular formula is C19H20N2O4. The van der Waals surface area contributed by atoms with Gasteiger partial charge in [0.05, 0.1) is 0 Å². The Hall–Kier alpha value is -2.86. The first-order valence-electron chi connectivity index (χ1n) is 8.19. The Morgan fingerprint density at radius 3 is 2.44 bits per heavy atom. The van der Waals surface area contributed by atoms with Gasteiger partial charge in [0, 0.05) is 25.2 Å². The number of hydrogen-bond acceptors (Lipinski definition) is 4. The third-order valence-electron chi connectivity index (χ3n) is 4.11. The number of hydrogen-bond donors (Lipinski definition) is 2. The first-order valence-corrected chi connectivity index (χ1v) is 8.19. The Morgan fingerprint density at radius 1 is 1.12 bits per heavy atom. The molecule has 1 aliphatic heterocycles. The monoisotopic (exact) mass is 340 g/mol. The third kappa shape index (κ3) is 3.97. The molecule has 2 amide bonds. The van der Waals surface area contributed by atoms with E-state index in [-0.39, 0.29) is 13.0 Å². The zero-order valence-electron chi connectivity index (χ0n) is 13.7. The summed E-state index contributed by atoms with van der Waals surface area (Å²) >= 11 is 0. The maximum atomic E-state index is 12.4. The predicted molar refractivity (Wildman–Crippen MR) is 93.0 cm³/mol. The van der Waals surface area contributed by atoms with Crippen molar-refractivity contribution in [3.63, 3.8) is 0 Å². The molecule has 130 valence electrons. The fourth-order valence-corrected chi connectivity index (χ4v) is 2.77.